The molecule has 0 aromatic rings. The van der Waals surface area contributed by atoms with Crippen LogP contribution in [0.2, 0.25) is 0 Å². The third-order valence-electron chi connectivity index (χ3n) is 2.94. The van der Waals surface area contributed by atoms with E-state index >= 15 is 0 Å². The number of carbonyl (C=O) groups excluding carboxylic acids is 1. The van der Waals surface area contributed by atoms with Crippen molar-refractivity contribution in [1.29, 1.82) is 0 Å². The minimum absolute atomic E-state index is 0.0000435. The predicted molar refractivity (Wildman–Crippen MR) is 59.2 cm³/mol. The number of carbonyl (C=O) groups is 1. The topological polar surface area (TPSA) is 75.4 Å². The molecule has 0 spiro atoms. The van der Waals surface area contributed by atoms with Crippen molar-refractivity contribution in [3.63, 3.8) is 0 Å². The van der Waals surface area contributed by atoms with E-state index in [1.807, 2.05) is 6.92 Å². The Bertz CT molecular complexity index is 205. The van der Waals surface area contributed by atoms with Crippen LogP contribution >= 0.6 is 0 Å². The summed E-state index contributed by atoms with van der Waals surface area (Å²) in [6.07, 6.45) is 3.54. The van der Waals surface area contributed by atoms with Crippen molar-refractivity contribution in [3.05, 3.63) is 0 Å². The zero-order valence-electron chi connectivity index (χ0n) is 9.41. The fourth-order valence-corrected chi connectivity index (χ4v) is 1.58. The zero-order chi connectivity index (χ0) is 11.3. The minimum atomic E-state index is -0.351. The maximum absolute atomic E-state index is 11.5. The Morgan fingerprint density at radius 2 is 2.27 bits per heavy atom. The van der Waals surface area contributed by atoms with Crippen molar-refractivity contribution in [2.45, 2.75) is 38.7 Å². The highest BCUT2D eigenvalue weighted by molar-refractivity contribution is 5.78. The molecule has 1 aliphatic rings. The van der Waals surface area contributed by atoms with E-state index < -0.39 is 0 Å². The Morgan fingerprint density at radius 1 is 1.60 bits per heavy atom. The van der Waals surface area contributed by atoms with Gasteiger partial charge in [0.2, 0.25) is 5.91 Å². The number of rotatable bonds is 7. The maximum atomic E-state index is 11.5. The third-order valence-corrected chi connectivity index (χ3v) is 2.94. The number of hydrogen-bond donors (Lipinski definition) is 3. The number of nitrogens with two attached hydrogens (primary N) is 1. The Labute approximate surface area is 91.2 Å². The van der Waals surface area contributed by atoms with Crippen LogP contribution in [-0.4, -0.2) is 30.2 Å². The standard InChI is InChI=1S/C11H22N2O2/c1-8(3-2-6-12)11(15)13-7-10(14)9-4-5-9/h8-10,14H,2-7,12H2,1H3,(H,13,15). The first-order valence-electron chi connectivity index (χ1n) is 5.81. The van der Waals surface area contributed by atoms with Crippen molar-refractivity contribution in [2.75, 3.05) is 13.1 Å². The second kappa shape index (κ2) is 6.08. The van der Waals surface area contributed by atoms with Gasteiger partial charge in [0.1, 0.15) is 0 Å². The molecule has 1 aliphatic carbocycles. The lowest BCUT2D eigenvalue weighted by Gasteiger charge is -2.14. The first kappa shape index (κ1) is 12.5. The molecule has 1 rings (SSSR count). The molecule has 4 N–H and O–H groups in total. The van der Waals surface area contributed by atoms with Gasteiger partial charge < -0.3 is 16.2 Å². The van der Waals surface area contributed by atoms with Crippen LogP contribution in [0.25, 0.3) is 0 Å². The summed E-state index contributed by atoms with van der Waals surface area (Å²) in [5, 5.41) is 12.3. The van der Waals surface area contributed by atoms with Gasteiger partial charge in [0.15, 0.2) is 0 Å². The van der Waals surface area contributed by atoms with Gasteiger partial charge in [0, 0.05) is 12.5 Å². The summed E-state index contributed by atoms with van der Waals surface area (Å²) in [6.45, 7) is 2.92. The molecule has 4 heteroatoms. The van der Waals surface area contributed by atoms with Crippen molar-refractivity contribution in [3.8, 4) is 0 Å². The second-order valence-electron chi connectivity index (χ2n) is 4.48. The molecule has 0 heterocycles. The van der Waals surface area contributed by atoms with Gasteiger partial charge >= 0.3 is 0 Å². The number of amides is 1. The summed E-state index contributed by atoms with van der Waals surface area (Å²) in [4.78, 5) is 11.5. The third kappa shape index (κ3) is 4.62. The number of aliphatic hydroxyl groups excluding tert-OH is 1. The van der Waals surface area contributed by atoms with Crippen LogP contribution in [-0.2, 0) is 4.79 Å². The van der Waals surface area contributed by atoms with Crippen LogP contribution in [0.15, 0.2) is 0 Å². The molecule has 1 amide bonds. The monoisotopic (exact) mass is 214 g/mol. The van der Waals surface area contributed by atoms with Gasteiger partial charge in [-0.1, -0.05) is 6.92 Å². The number of aliphatic hydroxyl groups is 1. The molecule has 88 valence electrons. The molecule has 2 unspecified atom stereocenters. The quantitative estimate of drug-likeness (QED) is 0.568. The Morgan fingerprint density at radius 3 is 2.80 bits per heavy atom. The van der Waals surface area contributed by atoms with Crippen LogP contribution in [0, 0.1) is 11.8 Å². The molecule has 1 fully saturated rings. The molecule has 1 saturated carbocycles. The van der Waals surface area contributed by atoms with Crippen LogP contribution in [0.5, 0.6) is 0 Å². The summed E-state index contributed by atoms with van der Waals surface area (Å²) >= 11 is 0. The van der Waals surface area contributed by atoms with Gasteiger partial charge in [0.05, 0.1) is 6.10 Å². The normalized spacial score (nSPS) is 19.7. The molecular weight excluding hydrogens is 192 g/mol. The van der Waals surface area contributed by atoms with Crippen molar-refractivity contribution in [1.82, 2.24) is 5.32 Å². The van der Waals surface area contributed by atoms with Crippen molar-refractivity contribution >= 4 is 5.91 Å². The summed E-state index contributed by atoms with van der Waals surface area (Å²) < 4.78 is 0. The SMILES string of the molecule is CC(CCCN)C(=O)NCC(O)C1CC1. The average Bonchev–Trinajstić information content (AvgIpc) is 3.05. The lowest BCUT2D eigenvalue weighted by atomic mass is 10.0. The summed E-state index contributed by atoms with van der Waals surface area (Å²) in [5.41, 5.74) is 5.38. The number of nitrogens with one attached hydrogen (secondary N) is 1. The highest BCUT2D eigenvalue weighted by Gasteiger charge is 2.29. The van der Waals surface area contributed by atoms with Gasteiger partial charge in [-0.25, -0.2) is 0 Å². The van der Waals surface area contributed by atoms with Gasteiger partial charge in [-0.2, -0.15) is 0 Å². The molecule has 15 heavy (non-hydrogen) atoms. The van der Waals surface area contributed by atoms with E-state index in [-0.39, 0.29) is 17.9 Å². The molecule has 0 bridgehead atoms. The highest BCUT2D eigenvalue weighted by Crippen LogP contribution is 2.32. The van der Waals surface area contributed by atoms with Crippen LogP contribution in [0.4, 0.5) is 0 Å². The molecule has 0 aromatic carbocycles. The second-order valence-corrected chi connectivity index (χ2v) is 4.48. The number of hydrogen-bond acceptors (Lipinski definition) is 3. The summed E-state index contributed by atoms with van der Waals surface area (Å²) in [6, 6.07) is 0. The molecule has 4 nitrogen and oxygen atoms in total. The fraction of sp³-hybridized carbons (Fsp3) is 0.909. The molecule has 0 aromatic heterocycles. The van der Waals surface area contributed by atoms with Crippen LogP contribution < -0.4 is 11.1 Å². The van der Waals surface area contributed by atoms with E-state index in [0.29, 0.717) is 19.0 Å². The molecule has 0 saturated heterocycles. The average molecular weight is 214 g/mol. The smallest absolute Gasteiger partial charge is 0.222 e. The van der Waals surface area contributed by atoms with E-state index in [9.17, 15) is 9.90 Å². The fourth-order valence-electron chi connectivity index (χ4n) is 1.58. The molecule has 2 atom stereocenters. The van der Waals surface area contributed by atoms with E-state index in [2.05, 4.69) is 5.32 Å². The first-order chi connectivity index (χ1) is 7.15. The van der Waals surface area contributed by atoms with Crippen molar-refractivity contribution < 1.29 is 9.90 Å². The zero-order valence-corrected chi connectivity index (χ0v) is 9.41. The predicted octanol–water partition coefficient (Wildman–Crippen LogP) is 0.249. The summed E-state index contributed by atoms with van der Waals surface area (Å²) in [7, 11) is 0. The largest absolute Gasteiger partial charge is 0.391 e. The Balaban J connectivity index is 2.10. The molecule has 0 aliphatic heterocycles. The van der Waals surface area contributed by atoms with Crippen LogP contribution in [0.3, 0.4) is 0 Å². The van der Waals surface area contributed by atoms with E-state index in [4.69, 9.17) is 5.73 Å². The Hall–Kier alpha value is -0.610. The lowest BCUT2D eigenvalue weighted by Crippen LogP contribution is -2.36. The molecule has 0 radical (unpaired) electrons. The highest BCUT2D eigenvalue weighted by atomic mass is 16.3. The lowest BCUT2D eigenvalue weighted by molar-refractivity contribution is -0.125. The maximum Gasteiger partial charge on any atom is 0.222 e. The van der Waals surface area contributed by atoms with Gasteiger partial charge in [-0.05, 0) is 38.1 Å². The van der Waals surface area contributed by atoms with E-state index in [1.165, 1.54) is 0 Å². The molecular formula is C11H22N2O2. The Kier molecular flexibility index (Phi) is 5.05. The summed E-state index contributed by atoms with van der Waals surface area (Å²) in [5.74, 6) is 0.452. The van der Waals surface area contributed by atoms with Gasteiger partial charge in [-0.15, -0.1) is 0 Å². The van der Waals surface area contributed by atoms with Crippen molar-refractivity contribution in [2.24, 2.45) is 17.6 Å². The van der Waals surface area contributed by atoms with E-state index in [1.54, 1.807) is 0 Å². The minimum Gasteiger partial charge on any atom is -0.391 e. The first-order valence-corrected chi connectivity index (χ1v) is 5.81. The van der Waals surface area contributed by atoms with Gasteiger partial charge in [0.25, 0.3) is 0 Å². The van der Waals surface area contributed by atoms with E-state index in [0.717, 1.165) is 25.7 Å². The van der Waals surface area contributed by atoms with Gasteiger partial charge in [-0.3, -0.25) is 4.79 Å². The van der Waals surface area contributed by atoms with Crippen LogP contribution in [0.1, 0.15) is 32.6 Å².